The van der Waals surface area contributed by atoms with E-state index in [2.05, 4.69) is 116 Å². The van der Waals surface area contributed by atoms with E-state index in [1.165, 1.54) is 103 Å². The molecule has 0 bridgehead atoms. The van der Waals surface area contributed by atoms with E-state index in [1.807, 2.05) is 6.08 Å². The fourth-order valence-electron chi connectivity index (χ4n) is 9.82. The van der Waals surface area contributed by atoms with Crippen molar-refractivity contribution in [2.45, 2.75) is 293 Å². The van der Waals surface area contributed by atoms with Crippen LogP contribution in [0.4, 0.5) is 0 Å². The Labute approximate surface area is 495 Å². The molecule has 0 spiro atoms. The molecule has 470 valence electrons. The first kappa shape index (κ1) is 74.7. The number of carbonyl (C=O) groups excluding carboxylic acids is 1. The van der Waals surface area contributed by atoms with Gasteiger partial charge in [-0.05, 0) is 89.9 Å². The van der Waals surface area contributed by atoms with Crippen LogP contribution in [0, 0.1) is 0 Å². The Morgan fingerprint density at radius 2 is 0.854 bits per heavy atom. The monoisotopic (exact) mass is 1150 g/mol. The van der Waals surface area contributed by atoms with Crippen LogP contribution in [0.3, 0.4) is 0 Å². The smallest absolute Gasteiger partial charge is 0.220 e. The molecule has 14 nitrogen and oxygen atoms in total. The lowest BCUT2D eigenvalue weighted by Crippen LogP contribution is -2.65. The zero-order chi connectivity index (χ0) is 59.5. The van der Waals surface area contributed by atoms with Crippen molar-refractivity contribution < 1.29 is 64.6 Å². The molecule has 2 aliphatic heterocycles. The Kier molecular flexibility index (Phi) is 47.4. The van der Waals surface area contributed by atoms with Crippen LogP contribution in [-0.2, 0) is 23.7 Å². The van der Waals surface area contributed by atoms with Crippen LogP contribution in [0.15, 0.2) is 109 Å². The summed E-state index contributed by atoms with van der Waals surface area (Å²) in [7, 11) is 0. The van der Waals surface area contributed by atoms with E-state index in [9.17, 15) is 45.6 Å². The van der Waals surface area contributed by atoms with E-state index in [-0.39, 0.29) is 18.9 Å². The summed E-state index contributed by atoms with van der Waals surface area (Å²) < 4.78 is 22.7. The third-order valence-corrected chi connectivity index (χ3v) is 14.9. The van der Waals surface area contributed by atoms with Crippen molar-refractivity contribution in [3.8, 4) is 0 Å². The van der Waals surface area contributed by atoms with Gasteiger partial charge in [0.1, 0.15) is 48.8 Å². The van der Waals surface area contributed by atoms with Crippen LogP contribution >= 0.6 is 0 Å². The van der Waals surface area contributed by atoms with Crippen LogP contribution in [0.2, 0.25) is 0 Å². The van der Waals surface area contributed by atoms with Gasteiger partial charge in [0.25, 0.3) is 0 Å². The first-order chi connectivity index (χ1) is 40.1. The van der Waals surface area contributed by atoms with E-state index in [4.69, 9.17) is 18.9 Å². The van der Waals surface area contributed by atoms with Crippen LogP contribution in [-0.4, -0.2) is 140 Å². The van der Waals surface area contributed by atoms with E-state index in [1.54, 1.807) is 6.08 Å². The largest absolute Gasteiger partial charge is 0.394 e. The molecule has 2 heterocycles. The van der Waals surface area contributed by atoms with E-state index >= 15 is 0 Å². The number of rotatable bonds is 50. The average Bonchev–Trinajstić information content (AvgIpc) is 3.38. The summed E-state index contributed by atoms with van der Waals surface area (Å²) in [5.74, 6) is -0.255. The van der Waals surface area contributed by atoms with Crippen molar-refractivity contribution in [2.24, 2.45) is 0 Å². The van der Waals surface area contributed by atoms with Crippen molar-refractivity contribution in [1.82, 2.24) is 5.32 Å². The standard InChI is InChI=1S/C68H115NO13/c1-3-5-7-9-11-13-14-15-16-17-18-19-20-21-22-23-24-25-26-27-28-29-30-31-32-33-34-35-36-37-38-39-40-41-42-44-46-48-50-52-60(73)69-56(57(72)51-49-47-45-43-12-10-8-6-4-2)55-79-67-65(78)63(76)66(59(54-71)81-67)82-68-64(77)62(75)61(74)58(53-70)80-68/h5,7,11-13,15-16,18-19,21-22,24-25,27-28,43,49,51,56-59,61-68,70-72,74-78H,3-4,6,8-10,14,17,20,23,26,29-42,44-48,50,52-55H2,1-2H3,(H,69,73)/b7-5-,13-11-,16-15-,19-18-,22-21-,25-24-,28-27-,43-12+,51-49+. The average molecular weight is 1150 g/mol. The number of aliphatic hydroxyl groups excluding tert-OH is 8. The third kappa shape index (κ3) is 36.5. The Morgan fingerprint density at radius 1 is 0.451 bits per heavy atom. The van der Waals surface area contributed by atoms with Crippen molar-refractivity contribution in [1.29, 1.82) is 0 Å². The highest BCUT2D eigenvalue weighted by Gasteiger charge is 2.51. The maximum absolute atomic E-state index is 13.2. The fraction of sp³-hybridized carbons (Fsp3) is 0.721. The van der Waals surface area contributed by atoms with E-state index in [0.717, 1.165) is 83.5 Å². The number of ether oxygens (including phenoxy) is 4. The lowest BCUT2D eigenvalue weighted by atomic mass is 9.97. The lowest BCUT2D eigenvalue weighted by molar-refractivity contribution is -0.359. The van der Waals surface area contributed by atoms with Crippen LogP contribution in [0.1, 0.15) is 219 Å². The Hall–Kier alpha value is -3.35. The molecule has 0 radical (unpaired) electrons. The summed E-state index contributed by atoms with van der Waals surface area (Å²) in [6, 6.07) is -0.934. The second-order valence-corrected chi connectivity index (χ2v) is 22.1. The normalized spacial score (nSPS) is 24.7. The first-order valence-corrected chi connectivity index (χ1v) is 32.1. The Morgan fingerprint density at radius 3 is 1.34 bits per heavy atom. The van der Waals surface area contributed by atoms with Gasteiger partial charge in [0, 0.05) is 6.42 Å². The molecule has 12 unspecified atom stereocenters. The highest BCUT2D eigenvalue weighted by atomic mass is 16.7. The molecular weight excluding hydrogens is 1040 g/mol. The van der Waals surface area contributed by atoms with Gasteiger partial charge >= 0.3 is 0 Å². The van der Waals surface area contributed by atoms with Crippen LogP contribution in [0.5, 0.6) is 0 Å². The number of hydrogen-bond donors (Lipinski definition) is 9. The summed E-state index contributed by atoms with van der Waals surface area (Å²) in [6.07, 6.45) is 57.5. The second kappa shape index (κ2) is 52.0. The number of amides is 1. The maximum atomic E-state index is 13.2. The van der Waals surface area contributed by atoms with Crippen LogP contribution in [0.25, 0.3) is 0 Å². The number of carbonyl (C=O) groups is 1. The Balaban J connectivity index is 1.55. The minimum Gasteiger partial charge on any atom is -0.394 e. The third-order valence-electron chi connectivity index (χ3n) is 14.9. The van der Waals surface area contributed by atoms with Gasteiger partial charge in [-0.15, -0.1) is 0 Å². The zero-order valence-corrected chi connectivity index (χ0v) is 50.7. The molecule has 14 heteroatoms. The minimum absolute atomic E-state index is 0.255. The van der Waals surface area contributed by atoms with Crippen molar-refractivity contribution in [3.63, 3.8) is 0 Å². The fourth-order valence-corrected chi connectivity index (χ4v) is 9.82. The van der Waals surface area contributed by atoms with Gasteiger partial charge in [-0.1, -0.05) is 232 Å². The molecule has 0 saturated carbocycles. The predicted molar refractivity (Wildman–Crippen MR) is 332 cm³/mol. The summed E-state index contributed by atoms with van der Waals surface area (Å²) >= 11 is 0. The molecule has 0 aliphatic carbocycles. The number of hydrogen-bond acceptors (Lipinski definition) is 13. The molecule has 2 fully saturated rings. The van der Waals surface area contributed by atoms with E-state index < -0.39 is 86.8 Å². The zero-order valence-electron chi connectivity index (χ0n) is 50.7. The van der Waals surface area contributed by atoms with Gasteiger partial charge in [-0.3, -0.25) is 4.79 Å². The number of allylic oxidation sites excluding steroid dienone is 17. The quantitative estimate of drug-likeness (QED) is 0.0204. The van der Waals surface area contributed by atoms with Crippen LogP contribution < -0.4 is 5.32 Å². The molecule has 9 N–H and O–H groups in total. The molecule has 0 aromatic rings. The first-order valence-electron chi connectivity index (χ1n) is 32.1. The number of aliphatic hydroxyl groups is 8. The summed E-state index contributed by atoms with van der Waals surface area (Å²) in [5.41, 5.74) is 0. The van der Waals surface area contributed by atoms with Crippen molar-refractivity contribution >= 4 is 5.91 Å². The van der Waals surface area contributed by atoms with Gasteiger partial charge in [0.2, 0.25) is 5.91 Å². The second-order valence-electron chi connectivity index (χ2n) is 22.1. The molecule has 2 aliphatic rings. The number of nitrogens with one attached hydrogen (secondary N) is 1. The molecule has 2 saturated heterocycles. The highest BCUT2D eigenvalue weighted by molar-refractivity contribution is 5.76. The summed E-state index contributed by atoms with van der Waals surface area (Å²) in [6.45, 7) is 2.59. The topological polar surface area (TPSA) is 228 Å². The van der Waals surface area contributed by atoms with Crippen molar-refractivity contribution in [2.75, 3.05) is 19.8 Å². The Bertz CT molecular complexity index is 1790. The number of unbranched alkanes of at least 4 members (excludes halogenated alkanes) is 21. The van der Waals surface area contributed by atoms with Crippen molar-refractivity contribution in [3.05, 3.63) is 109 Å². The van der Waals surface area contributed by atoms with Gasteiger partial charge < -0.3 is 65.1 Å². The maximum Gasteiger partial charge on any atom is 0.220 e. The lowest BCUT2D eigenvalue weighted by Gasteiger charge is -2.46. The molecule has 2 rings (SSSR count). The minimum atomic E-state index is -1.79. The summed E-state index contributed by atoms with van der Waals surface area (Å²) in [4.78, 5) is 13.2. The predicted octanol–water partition coefficient (Wildman–Crippen LogP) is 12.0. The molecular formula is C68H115NO13. The van der Waals surface area contributed by atoms with Gasteiger partial charge in [0.15, 0.2) is 12.6 Å². The molecule has 0 aromatic carbocycles. The van der Waals surface area contributed by atoms with E-state index in [0.29, 0.717) is 12.8 Å². The summed E-state index contributed by atoms with van der Waals surface area (Å²) in [5, 5.41) is 86.8. The molecule has 1 amide bonds. The van der Waals surface area contributed by atoms with Gasteiger partial charge in [-0.2, -0.15) is 0 Å². The molecule has 82 heavy (non-hydrogen) atoms. The highest BCUT2D eigenvalue weighted by Crippen LogP contribution is 2.30. The molecule has 12 atom stereocenters. The van der Waals surface area contributed by atoms with Gasteiger partial charge in [-0.25, -0.2) is 0 Å². The molecule has 0 aromatic heterocycles. The van der Waals surface area contributed by atoms with Gasteiger partial charge in [0.05, 0.1) is 32.0 Å². The SMILES string of the molecule is CC/C=C\C/C=C\C/C=C\C/C=C\C/C=C\C/C=C\C/C=C\CCCCCCCCCCCCCCCCCCCC(=O)NC(COC1OC(CO)C(OC2OC(CO)C(O)C(O)C2O)C(O)C1O)C(O)/C=C/CC/C=C/CCCCC.